The number of carboxylic acid groups (broad SMARTS) is 1. The lowest BCUT2D eigenvalue weighted by Gasteiger charge is -2.28. The maximum atomic E-state index is 12.0. The summed E-state index contributed by atoms with van der Waals surface area (Å²) in [5.74, 6) is -1.71. The summed E-state index contributed by atoms with van der Waals surface area (Å²) in [5, 5.41) is 38.1. The first-order chi connectivity index (χ1) is 29.0. The summed E-state index contributed by atoms with van der Waals surface area (Å²) in [6, 6.07) is 19.9. The van der Waals surface area contributed by atoms with Gasteiger partial charge in [-0.3, -0.25) is 9.59 Å². The van der Waals surface area contributed by atoms with Gasteiger partial charge in [-0.2, -0.15) is 0 Å². The van der Waals surface area contributed by atoms with Gasteiger partial charge in [0.05, 0.1) is 11.1 Å². The van der Waals surface area contributed by atoms with Crippen LogP contribution >= 0.6 is 33.0 Å². The van der Waals surface area contributed by atoms with Gasteiger partial charge in [0, 0.05) is 79.6 Å². The molecule has 16 nitrogen and oxygen atoms in total. The van der Waals surface area contributed by atoms with Gasteiger partial charge in [0.25, 0.3) is 11.1 Å². The first kappa shape index (κ1) is 63.1. The van der Waals surface area contributed by atoms with E-state index in [0.29, 0.717) is 65.2 Å². The van der Waals surface area contributed by atoms with Crippen LogP contribution in [0.5, 0.6) is 17.2 Å². The number of amides is 1. The van der Waals surface area contributed by atoms with Crippen molar-refractivity contribution in [2.45, 2.75) is 73.9 Å². The summed E-state index contributed by atoms with van der Waals surface area (Å²) in [6.07, 6.45) is 1.58. The SMILES string of the molecule is C.CCO[Si](CCCN)(OCC)OCC.CCO[Si](CCCNC(=O)c1ccccc1O)(OCC)OCC.O=C(Cl)c1ccccc1O.O=C(O)c1ccccc1O.O=S(Cl)Cl. The third-order valence-electron chi connectivity index (χ3n) is 7.22. The van der Waals surface area contributed by atoms with Gasteiger partial charge in [-0.1, -0.05) is 43.8 Å². The van der Waals surface area contributed by atoms with Gasteiger partial charge in [-0.25, -0.2) is 9.00 Å². The van der Waals surface area contributed by atoms with Crippen LogP contribution in [0.2, 0.25) is 12.1 Å². The van der Waals surface area contributed by atoms with E-state index in [1.54, 1.807) is 42.5 Å². The second kappa shape index (κ2) is 38.3. The van der Waals surface area contributed by atoms with Crippen molar-refractivity contribution in [2.75, 3.05) is 52.7 Å². The summed E-state index contributed by atoms with van der Waals surface area (Å²) in [5.41, 5.74) is 5.83. The highest BCUT2D eigenvalue weighted by Crippen LogP contribution is 2.20. The van der Waals surface area contributed by atoms with E-state index in [-0.39, 0.29) is 47.3 Å². The van der Waals surface area contributed by atoms with Crippen LogP contribution in [0.25, 0.3) is 0 Å². The van der Waals surface area contributed by atoms with Crippen LogP contribution in [-0.2, 0) is 35.8 Å². The van der Waals surface area contributed by atoms with Gasteiger partial charge in [0.1, 0.15) is 22.8 Å². The van der Waals surface area contributed by atoms with Crippen LogP contribution in [0.15, 0.2) is 72.8 Å². The van der Waals surface area contributed by atoms with E-state index in [1.165, 1.54) is 30.3 Å². The molecule has 1 amide bonds. The highest BCUT2D eigenvalue weighted by molar-refractivity contribution is 8.26. The number of para-hydroxylation sites is 3. The number of carbonyl (C=O) groups is 3. The molecular weight excluding hydrogens is 927 g/mol. The molecule has 0 radical (unpaired) electrons. The monoisotopic (exact) mass is 990 g/mol. The minimum absolute atomic E-state index is 0. The molecule has 0 saturated heterocycles. The average Bonchev–Trinajstić information content (AvgIpc) is 3.20. The summed E-state index contributed by atoms with van der Waals surface area (Å²) in [4.78, 5) is 32.7. The Morgan fingerprint density at radius 1 is 0.613 bits per heavy atom. The summed E-state index contributed by atoms with van der Waals surface area (Å²) >= 11 is 5.11. The topological polar surface area (TPSA) is 243 Å². The molecule has 3 aromatic carbocycles. The minimum Gasteiger partial charge on any atom is -0.507 e. The molecule has 0 heterocycles. The molecule has 0 spiro atoms. The van der Waals surface area contributed by atoms with Crippen LogP contribution < -0.4 is 11.1 Å². The first-order valence-corrected chi connectivity index (χ1v) is 26.4. The van der Waals surface area contributed by atoms with Crippen molar-refractivity contribution in [1.82, 2.24) is 5.32 Å². The zero-order chi connectivity index (χ0) is 46.7. The maximum Gasteiger partial charge on any atom is 0.500 e. The van der Waals surface area contributed by atoms with Gasteiger partial charge in [-0.15, -0.1) is 0 Å². The Bertz CT molecular complexity index is 1590. The molecule has 3 rings (SSSR count). The number of halogens is 3. The molecule has 0 aliphatic rings. The van der Waals surface area contributed by atoms with Crippen LogP contribution in [0.4, 0.5) is 0 Å². The van der Waals surface area contributed by atoms with Gasteiger partial charge < -0.3 is 58.0 Å². The number of aromatic hydroxyl groups is 3. The van der Waals surface area contributed by atoms with E-state index in [2.05, 4.69) is 26.7 Å². The third kappa shape index (κ3) is 28.5. The molecule has 0 atom stereocenters. The number of aromatic carboxylic acids is 1. The Labute approximate surface area is 385 Å². The molecule has 0 fully saturated rings. The second-order valence-corrected chi connectivity index (χ2v) is 19.9. The molecule has 0 unspecified atom stereocenters. The van der Waals surface area contributed by atoms with Gasteiger partial charge in [0.15, 0.2) is 0 Å². The molecule has 0 aliphatic carbocycles. The van der Waals surface area contributed by atoms with E-state index in [1.807, 2.05) is 41.5 Å². The predicted molar refractivity (Wildman–Crippen MR) is 250 cm³/mol. The van der Waals surface area contributed by atoms with Crippen LogP contribution in [0.1, 0.15) is 92.9 Å². The number of carbonyl (C=O) groups excluding carboxylic acids is 2. The average molecular weight is 993 g/mol. The predicted octanol–water partition coefficient (Wildman–Crippen LogP) is 8.48. The van der Waals surface area contributed by atoms with Gasteiger partial charge >= 0.3 is 23.6 Å². The van der Waals surface area contributed by atoms with Crippen molar-refractivity contribution in [3.8, 4) is 17.2 Å². The number of phenolic OH excluding ortho intramolecular Hbond substituents is 2. The molecule has 7 N–H and O–H groups in total. The zero-order valence-corrected chi connectivity index (χ0v) is 40.5. The largest absolute Gasteiger partial charge is 0.507 e. The fourth-order valence-corrected chi connectivity index (χ4v) is 10.3. The molecule has 0 aliphatic heterocycles. The van der Waals surface area contributed by atoms with Gasteiger partial charge in [0.2, 0.25) is 9.23 Å². The molecule has 0 saturated carbocycles. The highest BCUT2D eigenvalue weighted by Gasteiger charge is 2.40. The van der Waals surface area contributed by atoms with E-state index >= 15 is 0 Å². The third-order valence-corrected chi connectivity index (χ3v) is 13.7. The van der Waals surface area contributed by atoms with Crippen molar-refractivity contribution in [3.63, 3.8) is 0 Å². The minimum atomic E-state index is -2.66. The first-order valence-electron chi connectivity index (χ1n) is 19.3. The number of hydrogen-bond acceptors (Lipinski definition) is 14. The van der Waals surface area contributed by atoms with E-state index in [9.17, 15) is 19.5 Å². The second-order valence-electron chi connectivity index (χ2n) is 11.5. The molecule has 3 aromatic rings. The van der Waals surface area contributed by atoms with Crippen molar-refractivity contribution < 1.29 is 65.6 Å². The Morgan fingerprint density at radius 3 is 1.18 bits per heavy atom. The van der Waals surface area contributed by atoms with Crippen molar-refractivity contribution in [3.05, 3.63) is 89.5 Å². The number of rotatable bonds is 22. The zero-order valence-electron chi connectivity index (χ0n) is 35.4. The fraction of sp³-hybridized carbons (Fsp3) is 0.475. The normalized spacial score (nSPS) is 10.5. The number of nitrogens with one attached hydrogen (secondary N) is 1. The summed E-state index contributed by atoms with van der Waals surface area (Å²) in [6.45, 7) is 16.3. The van der Waals surface area contributed by atoms with Gasteiger partial charge in [-0.05, 0) is 109 Å². The Hall–Kier alpha value is -3.16. The van der Waals surface area contributed by atoms with E-state index in [0.717, 1.165) is 12.5 Å². The number of benzene rings is 3. The van der Waals surface area contributed by atoms with Crippen molar-refractivity contribution in [1.29, 1.82) is 0 Å². The standard InChI is InChI=1S/C16H27NO5Si.C9H23NO3Si.C7H5ClO2.C7H6O3.CH4.Cl2OS/c1-4-20-23(21-5-2,22-6-3)13-9-12-17-16(19)14-10-7-8-11-15(14)18;1-4-11-14(12-5-2,13-6-3)9-7-8-10;8-7(10)5-3-1-2-4-6(5)9;8-6-4-2-1-3-5(6)7(9)10;;1-4(2)3/h7-8,10-11,18H,4-6,9,12-13H2,1-3H3,(H,17,19);4-10H2,1-3H3;1-4,9H;1-4,8H,(H,9,10);1H4;. The smallest absolute Gasteiger partial charge is 0.500 e. The Balaban J connectivity index is -0.000000765. The molecule has 0 bridgehead atoms. The maximum absolute atomic E-state index is 12.0. The summed E-state index contributed by atoms with van der Waals surface area (Å²) < 4.78 is 43.3. The fourth-order valence-electron chi connectivity index (χ4n) is 4.88. The lowest BCUT2D eigenvalue weighted by molar-refractivity contribution is 0.0687. The van der Waals surface area contributed by atoms with Crippen LogP contribution in [0.3, 0.4) is 0 Å². The van der Waals surface area contributed by atoms with E-state index < -0.39 is 38.0 Å². The van der Waals surface area contributed by atoms with Crippen molar-refractivity contribution >= 4 is 76.9 Å². The Morgan fingerprint density at radius 2 is 0.919 bits per heavy atom. The number of phenols is 3. The van der Waals surface area contributed by atoms with E-state index in [4.69, 9.17) is 63.4 Å². The summed E-state index contributed by atoms with van der Waals surface area (Å²) in [7, 11) is 2.30. The quantitative estimate of drug-likeness (QED) is 0.0314. The van der Waals surface area contributed by atoms with Crippen molar-refractivity contribution in [2.24, 2.45) is 5.73 Å². The number of carboxylic acids is 1. The molecule has 354 valence electrons. The number of nitrogens with two attached hydrogens (primary N) is 1. The number of hydrogen-bond donors (Lipinski definition) is 6. The molecule has 22 heteroatoms. The van der Waals surface area contributed by atoms with Crippen LogP contribution in [0, 0.1) is 0 Å². The molecule has 62 heavy (non-hydrogen) atoms. The lowest BCUT2D eigenvalue weighted by atomic mass is 10.2. The highest BCUT2D eigenvalue weighted by atomic mass is 36.0. The molecule has 0 aromatic heterocycles. The Kier molecular flexibility index (Phi) is 39.0. The van der Waals surface area contributed by atoms with Crippen LogP contribution in [-0.4, -0.2) is 112 Å². The molecular formula is C40H65Cl3N2O14SSi2. The lowest BCUT2D eigenvalue weighted by Crippen LogP contribution is -2.46.